The van der Waals surface area contributed by atoms with Crippen LogP contribution in [-0.4, -0.2) is 57.3 Å². The van der Waals surface area contributed by atoms with E-state index in [1.165, 1.54) is 24.4 Å². The molecule has 6 nitrogen and oxygen atoms in total. The van der Waals surface area contributed by atoms with Crippen LogP contribution in [0.25, 0.3) is 0 Å². The van der Waals surface area contributed by atoms with Gasteiger partial charge in [-0.3, -0.25) is 9.59 Å². The Morgan fingerprint density at radius 3 is 2.38 bits per heavy atom. The van der Waals surface area contributed by atoms with Gasteiger partial charge in [0.25, 0.3) is 0 Å². The number of nitrogens with zero attached hydrogens (tertiary/aromatic N) is 4. The molecule has 1 aliphatic carbocycles. The fraction of sp³-hybridized carbons (Fsp3) is 0.750. The molecule has 2 saturated heterocycles. The molecule has 3 aliphatic rings. The Kier molecular flexibility index (Phi) is 4.76. The first kappa shape index (κ1) is 17.6. The molecule has 1 saturated carbocycles. The van der Waals surface area contributed by atoms with Crippen molar-refractivity contribution in [3.05, 3.63) is 17.7 Å². The molecule has 1 aromatic rings. The number of carbonyl (C=O) groups is 2. The minimum atomic E-state index is 0.150. The highest BCUT2D eigenvalue weighted by Gasteiger charge is 2.36. The summed E-state index contributed by atoms with van der Waals surface area (Å²) in [4.78, 5) is 32.5. The van der Waals surface area contributed by atoms with E-state index in [1.807, 2.05) is 16.0 Å². The van der Waals surface area contributed by atoms with Crippen LogP contribution < -0.4 is 0 Å². The van der Waals surface area contributed by atoms with Crippen LogP contribution in [0.4, 0.5) is 0 Å². The number of likely N-dealkylation sites (tertiary alicyclic amines) is 2. The monoisotopic (exact) mass is 358 g/mol. The lowest BCUT2D eigenvalue weighted by Gasteiger charge is -2.40. The van der Waals surface area contributed by atoms with Gasteiger partial charge in [-0.25, -0.2) is 4.98 Å². The highest BCUT2D eigenvalue weighted by molar-refractivity contribution is 5.77. The van der Waals surface area contributed by atoms with Gasteiger partial charge in [0.05, 0.1) is 5.92 Å². The molecule has 0 aromatic carbocycles. The van der Waals surface area contributed by atoms with E-state index in [4.69, 9.17) is 0 Å². The Morgan fingerprint density at radius 2 is 1.77 bits per heavy atom. The van der Waals surface area contributed by atoms with Crippen molar-refractivity contribution >= 4 is 11.8 Å². The summed E-state index contributed by atoms with van der Waals surface area (Å²) in [7, 11) is 0. The highest BCUT2D eigenvalue weighted by atomic mass is 16.2. The molecule has 3 heterocycles. The van der Waals surface area contributed by atoms with Crippen LogP contribution in [0.2, 0.25) is 0 Å². The van der Waals surface area contributed by atoms with E-state index >= 15 is 0 Å². The van der Waals surface area contributed by atoms with Gasteiger partial charge in [0, 0.05) is 58.0 Å². The Labute approximate surface area is 155 Å². The van der Waals surface area contributed by atoms with Crippen LogP contribution in [0.3, 0.4) is 0 Å². The number of imidazole rings is 1. The minimum absolute atomic E-state index is 0.150. The summed E-state index contributed by atoms with van der Waals surface area (Å²) in [5.74, 6) is 3.26. The van der Waals surface area contributed by atoms with Gasteiger partial charge in [-0.05, 0) is 44.4 Å². The number of hydrogen-bond donors (Lipinski definition) is 0. The molecule has 6 heteroatoms. The predicted octanol–water partition coefficient (Wildman–Crippen LogP) is 2.18. The quantitative estimate of drug-likeness (QED) is 0.811. The Morgan fingerprint density at radius 1 is 1.08 bits per heavy atom. The lowest BCUT2D eigenvalue weighted by Crippen LogP contribution is -2.50. The van der Waals surface area contributed by atoms with Crippen molar-refractivity contribution in [3.8, 4) is 0 Å². The highest BCUT2D eigenvalue weighted by Crippen LogP contribution is 2.34. The number of amides is 2. The Hall–Kier alpha value is -1.85. The van der Waals surface area contributed by atoms with Crippen LogP contribution in [0.5, 0.6) is 0 Å². The molecule has 4 rings (SSSR count). The van der Waals surface area contributed by atoms with Gasteiger partial charge in [0.1, 0.15) is 5.82 Å². The van der Waals surface area contributed by atoms with Crippen LogP contribution in [0.1, 0.15) is 56.5 Å². The van der Waals surface area contributed by atoms with Crippen LogP contribution in [0.15, 0.2) is 6.20 Å². The third-order valence-electron chi connectivity index (χ3n) is 6.35. The number of rotatable bonds is 5. The first-order valence-corrected chi connectivity index (χ1v) is 10.1. The number of piperidine rings is 1. The largest absolute Gasteiger partial charge is 0.343 e. The van der Waals surface area contributed by atoms with E-state index in [9.17, 15) is 9.59 Å². The van der Waals surface area contributed by atoms with E-state index in [-0.39, 0.29) is 11.8 Å². The summed E-state index contributed by atoms with van der Waals surface area (Å²) in [6, 6.07) is 0. The molecule has 2 amide bonds. The summed E-state index contributed by atoms with van der Waals surface area (Å²) in [5.41, 5.74) is 1.24. The number of carbonyl (C=O) groups excluding carboxylic acids is 2. The average Bonchev–Trinajstić information content (AvgIpc) is 3.32. The molecular formula is C20H30N4O2. The lowest BCUT2D eigenvalue weighted by atomic mass is 9.91. The molecule has 26 heavy (non-hydrogen) atoms. The smallest absolute Gasteiger partial charge is 0.222 e. The van der Waals surface area contributed by atoms with E-state index in [1.54, 1.807) is 6.92 Å². The molecule has 1 aromatic heterocycles. The maximum Gasteiger partial charge on any atom is 0.222 e. The van der Waals surface area contributed by atoms with Crippen LogP contribution in [0, 0.1) is 18.8 Å². The zero-order valence-electron chi connectivity index (χ0n) is 16.0. The van der Waals surface area contributed by atoms with Gasteiger partial charge >= 0.3 is 0 Å². The molecule has 0 spiro atoms. The molecular weight excluding hydrogens is 328 g/mol. The van der Waals surface area contributed by atoms with Gasteiger partial charge in [0.15, 0.2) is 0 Å². The van der Waals surface area contributed by atoms with E-state index in [0.717, 1.165) is 51.5 Å². The van der Waals surface area contributed by atoms with Gasteiger partial charge < -0.3 is 14.4 Å². The Balaban J connectivity index is 1.26. The summed E-state index contributed by atoms with van der Waals surface area (Å²) in [6.07, 6.45) is 7.20. The first-order valence-electron chi connectivity index (χ1n) is 10.1. The summed E-state index contributed by atoms with van der Waals surface area (Å²) < 4.78 is 2.38. The number of aromatic nitrogens is 2. The van der Waals surface area contributed by atoms with Crippen molar-refractivity contribution in [2.45, 2.75) is 58.4 Å². The second-order valence-electron chi connectivity index (χ2n) is 8.46. The SMILES string of the molecule is CC(=O)N1CCC(CC(=O)N2CC(c3ncc(C)n3CC3CC3)C2)CC1. The molecule has 0 atom stereocenters. The maximum atomic E-state index is 12.6. The molecule has 2 aliphatic heterocycles. The molecule has 0 radical (unpaired) electrons. The minimum Gasteiger partial charge on any atom is -0.343 e. The van der Waals surface area contributed by atoms with Crippen molar-refractivity contribution in [1.82, 2.24) is 19.4 Å². The predicted molar refractivity (Wildman–Crippen MR) is 98.6 cm³/mol. The number of hydrogen-bond acceptors (Lipinski definition) is 3. The summed E-state index contributed by atoms with van der Waals surface area (Å²) >= 11 is 0. The van der Waals surface area contributed by atoms with Crippen molar-refractivity contribution in [3.63, 3.8) is 0 Å². The normalized spacial score (nSPS) is 21.8. The lowest BCUT2D eigenvalue weighted by molar-refractivity contribution is -0.137. The fourth-order valence-electron chi connectivity index (χ4n) is 4.28. The average molecular weight is 358 g/mol. The van der Waals surface area contributed by atoms with Crippen molar-refractivity contribution in [2.24, 2.45) is 11.8 Å². The molecule has 142 valence electrons. The first-order chi connectivity index (χ1) is 12.5. The standard InChI is InChI=1S/C20H30N4O2/c1-14-10-21-20(24(14)11-17-3-4-17)18-12-23(13-18)19(26)9-16-5-7-22(8-6-16)15(2)25/h10,16-18H,3-9,11-13H2,1-2H3. The van der Waals surface area contributed by atoms with Gasteiger partial charge in [-0.15, -0.1) is 0 Å². The zero-order chi connectivity index (χ0) is 18.3. The summed E-state index contributed by atoms with van der Waals surface area (Å²) in [6.45, 7) is 8.08. The fourth-order valence-corrected chi connectivity index (χ4v) is 4.28. The van der Waals surface area contributed by atoms with Crippen molar-refractivity contribution < 1.29 is 9.59 Å². The molecule has 3 fully saturated rings. The van der Waals surface area contributed by atoms with Crippen LogP contribution in [-0.2, 0) is 16.1 Å². The topological polar surface area (TPSA) is 58.4 Å². The maximum absolute atomic E-state index is 12.6. The molecule has 0 unspecified atom stereocenters. The third kappa shape index (κ3) is 3.64. The second kappa shape index (κ2) is 7.05. The van der Waals surface area contributed by atoms with Crippen molar-refractivity contribution in [2.75, 3.05) is 26.2 Å². The van der Waals surface area contributed by atoms with Crippen molar-refractivity contribution in [1.29, 1.82) is 0 Å². The third-order valence-corrected chi connectivity index (χ3v) is 6.35. The van der Waals surface area contributed by atoms with Gasteiger partial charge in [-0.1, -0.05) is 0 Å². The van der Waals surface area contributed by atoms with E-state index in [0.29, 0.717) is 18.3 Å². The zero-order valence-corrected chi connectivity index (χ0v) is 16.0. The second-order valence-corrected chi connectivity index (χ2v) is 8.46. The molecule has 0 bridgehead atoms. The van der Waals surface area contributed by atoms with Crippen LogP contribution >= 0.6 is 0 Å². The molecule has 0 N–H and O–H groups in total. The van der Waals surface area contributed by atoms with E-state index < -0.39 is 0 Å². The van der Waals surface area contributed by atoms with Gasteiger partial charge in [-0.2, -0.15) is 0 Å². The summed E-state index contributed by atoms with van der Waals surface area (Å²) in [5, 5.41) is 0. The Bertz CT molecular complexity index is 680. The number of aryl methyl sites for hydroxylation is 1. The van der Waals surface area contributed by atoms with E-state index in [2.05, 4.69) is 16.5 Å². The van der Waals surface area contributed by atoms with Gasteiger partial charge in [0.2, 0.25) is 11.8 Å².